The third kappa shape index (κ3) is 3.07. The molecule has 0 spiro atoms. The normalized spacial score (nSPS) is 25.6. The van der Waals surface area contributed by atoms with E-state index in [9.17, 15) is 4.39 Å². The van der Waals surface area contributed by atoms with E-state index in [0.29, 0.717) is 0 Å². The Morgan fingerprint density at radius 2 is 2.00 bits per heavy atom. The molecule has 1 aromatic rings. The zero-order valence-electron chi connectivity index (χ0n) is 12.8. The van der Waals surface area contributed by atoms with Crippen molar-refractivity contribution in [1.82, 2.24) is 5.32 Å². The summed E-state index contributed by atoms with van der Waals surface area (Å²) in [6.45, 7) is 8.46. The van der Waals surface area contributed by atoms with Crippen LogP contribution in [-0.2, 0) is 4.74 Å². The van der Waals surface area contributed by atoms with Crippen LogP contribution in [0.5, 0.6) is 0 Å². The number of nitrogens with one attached hydrogen (secondary N) is 1. The van der Waals surface area contributed by atoms with Crippen molar-refractivity contribution < 1.29 is 9.13 Å². The predicted octanol–water partition coefficient (Wildman–Crippen LogP) is 4.44. The minimum atomic E-state index is -0.247. The van der Waals surface area contributed by atoms with Crippen LogP contribution in [0.4, 0.5) is 4.39 Å². The molecule has 1 aromatic carbocycles. The molecule has 1 N–H and O–H groups in total. The van der Waals surface area contributed by atoms with E-state index < -0.39 is 0 Å². The van der Waals surface area contributed by atoms with Crippen LogP contribution >= 0.6 is 15.9 Å². The third-order valence-corrected chi connectivity index (χ3v) is 4.87. The molecule has 2 unspecified atom stereocenters. The highest BCUT2D eigenvalue weighted by molar-refractivity contribution is 9.10. The van der Waals surface area contributed by atoms with Gasteiger partial charge in [0.05, 0.1) is 11.2 Å². The van der Waals surface area contributed by atoms with Gasteiger partial charge in [0.2, 0.25) is 0 Å². The third-order valence-electron chi connectivity index (χ3n) is 4.15. The maximum atomic E-state index is 13.6. The molecule has 0 aromatic heterocycles. The molecule has 1 aliphatic heterocycles. The van der Waals surface area contributed by atoms with E-state index in [2.05, 4.69) is 48.9 Å². The summed E-state index contributed by atoms with van der Waals surface area (Å²) in [5.41, 5.74) is 0.554. The lowest BCUT2D eigenvalue weighted by molar-refractivity contribution is -0.0777. The van der Waals surface area contributed by atoms with Crippen LogP contribution in [0, 0.1) is 11.7 Å². The van der Waals surface area contributed by atoms with Crippen LogP contribution in [0.25, 0.3) is 0 Å². The molecule has 0 bridgehead atoms. The standard InChI is InChI=1S/C16H23BrFNO/c1-15(2)9-12(16(3,4)20-15)14(19-5)11-8-10(18)6-7-13(11)17/h6-8,12,14,19H,9H2,1-5H3. The van der Waals surface area contributed by atoms with Crippen molar-refractivity contribution in [3.8, 4) is 0 Å². The van der Waals surface area contributed by atoms with Gasteiger partial charge in [0.15, 0.2) is 0 Å². The van der Waals surface area contributed by atoms with Gasteiger partial charge >= 0.3 is 0 Å². The Morgan fingerprint density at radius 3 is 2.50 bits per heavy atom. The van der Waals surface area contributed by atoms with E-state index in [1.165, 1.54) is 6.07 Å². The van der Waals surface area contributed by atoms with Crippen LogP contribution < -0.4 is 5.32 Å². The molecule has 0 amide bonds. The summed E-state index contributed by atoms with van der Waals surface area (Å²) in [7, 11) is 1.92. The van der Waals surface area contributed by atoms with Gasteiger partial charge in [0.1, 0.15) is 5.82 Å². The lowest BCUT2D eigenvalue weighted by atomic mass is 9.79. The Hall–Kier alpha value is -0.450. The van der Waals surface area contributed by atoms with Crippen molar-refractivity contribution in [3.05, 3.63) is 34.1 Å². The second-order valence-corrected chi connectivity index (χ2v) is 7.56. The van der Waals surface area contributed by atoms with Gasteiger partial charge in [-0.2, -0.15) is 0 Å². The van der Waals surface area contributed by atoms with E-state index in [0.717, 1.165) is 16.5 Å². The second kappa shape index (κ2) is 5.39. The maximum Gasteiger partial charge on any atom is 0.123 e. The molecule has 0 saturated carbocycles. The Balaban J connectivity index is 2.40. The minimum Gasteiger partial charge on any atom is -0.369 e. The molecule has 2 nitrogen and oxygen atoms in total. The van der Waals surface area contributed by atoms with Gasteiger partial charge in [-0.15, -0.1) is 0 Å². The number of rotatable bonds is 3. The van der Waals surface area contributed by atoms with Crippen LogP contribution in [0.2, 0.25) is 0 Å². The van der Waals surface area contributed by atoms with Gasteiger partial charge in [0, 0.05) is 16.4 Å². The van der Waals surface area contributed by atoms with E-state index in [4.69, 9.17) is 4.74 Å². The Labute approximate surface area is 129 Å². The molecule has 1 fully saturated rings. The Bertz CT molecular complexity index is 501. The van der Waals surface area contributed by atoms with Crippen molar-refractivity contribution in [2.45, 2.75) is 51.4 Å². The summed E-state index contributed by atoms with van der Waals surface area (Å²) in [5, 5.41) is 3.35. The van der Waals surface area contributed by atoms with Crippen molar-refractivity contribution in [1.29, 1.82) is 0 Å². The van der Waals surface area contributed by atoms with Gasteiger partial charge in [-0.3, -0.25) is 0 Å². The average Bonchev–Trinajstić information content (AvgIpc) is 2.53. The SMILES string of the molecule is CNC(c1cc(F)ccc1Br)C1CC(C)(C)OC1(C)C. The smallest absolute Gasteiger partial charge is 0.123 e. The molecule has 2 atom stereocenters. The maximum absolute atomic E-state index is 13.6. The monoisotopic (exact) mass is 343 g/mol. The molecular weight excluding hydrogens is 321 g/mol. The Kier molecular flexibility index (Phi) is 4.30. The lowest BCUT2D eigenvalue weighted by Crippen LogP contribution is -2.37. The van der Waals surface area contributed by atoms with Crippen LogP contribution in [-0.4, -0.2) is 18.2 Å². The number of hydrogen-bond acceptors (Lipinski definition) is 2. The largest absolute Gasteiger partial charge is 0.369 e. The summed E-state index contributed by atoms with van der Waals surface area (Å²) in [6, 6.07) is 4.90. The number of hydrogen-bond donors (Lipinski definition) is 1. The number of benzene rings is 1. The first-order chi connectivity index (χ1) is 9.16. The fraction of sp³-hybridized carbons (Fsp3) is 0.625. The molecule has 0 aliphatic carbocycles. The summed E-state index contributed by atoms with van der Waals surface area (Å²) >= 11 is 3.54. The van der Waals surface area contributed by atoms with E-state index in [1.54, 1.807) is 12.1 Å². The minimum absolute atomic E-state index is 0.0526. The van der Waals surface area contributed by atoms with E-state index in [1.807, 2.05) is 7.05 Å². The predicted molar refractivity (Wildman–Crippen MR) is 83.3 cm³/mol. The first-order valence-electron chi connectivity index (χ1n) is 6.99. The van der Waals surface area contributed by atoms with E-state index >= 15 is 0 Å². The van der Waals surface area contributed by atoms with Gasteiger partial charge in [-0.25, -0.2) is 4.39 Å². The fourth-order valence-electron chi connectivity index (χ4n) is 3.45. The molecule has 0 radical (unpaired) electrons. The van der Waals surface area contributed by atoms with Crippen LogP contribution in [0.3, 0.4) is 0 Å². The van der Waals surface area contributed by atoms with Gasteiger partial charge in [-0.05, 0) is 64.9 Å². The first-order valence-corrected chi connectivity index (χ1v) is 7.78. The summed E-state index contributed by atoms with van der Waals surface area (Å²) in [5.74, 6) is 0.0695. The molecule has 1 heterocycles. The molecular formula is C16H23BrFNO. The highest BCUT2D eigenvalue weighted by Gasteiger charge is 2.49. The fourth-order valence-corrected chi connectivity index (χ4v) is 3.94. The van der Waals surface area contributed by atoms with Crippen molar-refractivity contribution in [3.63, 3.8) is 0 Å². The highest BCUT2D eigenvalue weighted by atomic mass is 79.9. The van der Waals surface area contributed by atoms with Crippen molar-refractivity contribution in [2.24, 2.45) is 5.92 Å². The molecule has 1 aliphatic rings. The molecule has 2 rings (SSSR count). The molecule has 4 heteroatoms. The lowest BCUT2D eigenvalue weighted by Gasteiger charge is -2.33. The number of halogens is 2. The summed E-state index contributed by atoms with van der Waals surface area (Å²) < 4.78 is 20.7. The van der Waals surface area contributed by atoms with Gasteiger partial charge in [0.25, 0.3) is 0 Å². The molecule has 1 saturated heterocycles. The summed E-state index contributed by atoms with van der Waals surface area (Å²) in [4.78, 5) is 0. The van der Waals surface area contributed by atoms with Gasteiger partial charge in [-0.1, -0.05) is 15.9 Å². The zero-order chi connectivity index (χ0) is 15.1. The quantitative estimate of drug-likeness (QED) is 0.875. The molecule has 20 heavy (non-hydrogen) atoms. The van der Waals surface area contributed by atoms with E-state index in [-0.39, 0.29) is 29.0 Å². The van der Waals surface area contributed by atoms with Crippen LogP contribution in [0.1, 0.15) is 45.7 Å². The van der Waals surface area contributed by atoms with Crippen molar-refractivity contribution >= 4 is 15.9 Å². The van der Waals surface area contributed by atoms with Crippen LogP contribution in [0.15, 0.2) is 22.7 Å². The molecule has 112 valence electrons. The van der Waals surface area contributed by atoms with Crippen molar-refractivity contribution in [2.75, 3.05) is 7.05 Å². The number of ether oxygens (including phenoxy) is 1. The summed E-state index contributed by atoms with van der Waals surface area (Å²) in [6.07, 6.45) is 0.939. The highest BCUT2D eigenvalue weighted by Crippen LogP contribution is 2.48. The zero-order valence-corrected chi connectivity index (χ0v) is 14.3. The Morgan fingerprint density at radius 1 is 1.35 bits per heavy atom. The van der Waals surface area contributed by atoms with Gasteiger partial charge < -0.3 is 10.1 Å². The second-order valence-electron chi connectivity index (χ2n) is 6.71. The topological polar surface area (TPSA) is 21.3 Å². The first kappa shape index (κ1) is 15.9. The average molecular weight is 344 g/mol.